The molecule has 5 nitrogen and oxygen atoms in total. The van der Waals surface area contributed by atoms with Gasteiger partial charge in [0.15, 0.2) is 0 Å². The monoisotopic (exact) mass is 346 g/mol. The molecule has 2 aromatic rings. The SMILES string of the molecule is O=C(CC(F)(F)F)N1CCC(Nc2c(Cl)cnc3[nH]ccc23)C1. The Hall–Kier alpha value is -1.96. The maximum absolute atomic E-state index is 12.3. The minimum atomic E-state index is -4.48. The first-order valence-corrected chi connectivity index (χ1v) is 7.44. The van der Waals surface area contributed by atoms with Crippen molar-refractivity contribution in [3.8, 4) is 0 Å². The topological polar surface area (TPSA) is 61.0 Å². The van der Waals surface area contributed by atoms with Crippen LogP contribution in [-0.2, 0) is 4.79 Å². The standard InChI is InChI=1S/C14H14ClF3N4O/c15-10-6-20-13-9(1-3-19-13)12(10)21-8-2-4-22(7-8)11(23)5-14(16,17)18/h1,3,6,8H,2,4-5,7H2,(H2,19,20,21). The average Bonchev–Trinajstić information content (AvgIpc) is 3.09. The van der Waals surface area contributed by atoms with E-state index in [1.165, 1.54) is 11.1 Å². The fraction of sp³-hybridized carbons (Fsp3) is 0.429. The minimum absolute atomic E-state index is 0.148. The smallest absolute Gasteiger partial charge is 0.379 e. The van der Waals surface area contributed by atoms with Gasteiger partial charge in [-0.25, -0.2) is 4.98 Å². The fourth-order valence-corrected chi connectivity index (χ4v) is 2.93. The van der Waals surface area contributed by atoms with Crippen molar-refractivity contribution in [2.75, 3.05) is 18.4 Å². The van der Waals surface area contributed by atoms with Gasteiger partial charge in [0.1, 0.15) is 12.1 Å². The number of amides is 1. The Morgan fingerprint density at radius 3 is 3.04 bits per heavy atom. The molecule has 0 bridgehead atoms. The highest BCUT2D eigenvalue weighted by Gasteiger charge is 2.36. The van der Waals surface area contributed by atoms with Crippen molar-refractivity contribution in [2.24, 2.45) is 0 Å². The van der Waals surface area contributed by atoms with Crippen LogP contribution in [0.1, 0.15) is 12.8 Å². The third-order valence-electron chi connectivity index (χ3n) is 3.78. The Bertz CT molecular complexity index is 730. The first kappa shape index (κ1) is 15.9. The predicted molar refractivity (Wildman–Crippen MR) is 80.4 cm³/mol. The number of anilines is 1. The van der Waals surface area contributed by atoms with E-state index in [1.54, 1.807) is 6.20 Å². The maximum Gasteiger partial charge on any atom is 0.397 e. The van der Waals surface area contributed by atoms with Gasteiger partial charge in [-0.2, -0.15) is 13.2 Å². The van der Waals surface area contributed by atoms with Gasteiger partial charge in [0.05, 0.1) is 16.9 Å². The number of hydrogen-bond donors (Lipinski definition) is 2. The number of nitrogens with zero attached hydrogens (tertiary/aromatic N) is 2. The molecule has 2 aromatic heterocycles. The van der Waals surface area contributed by atoms with E-state index in [9.17, 15) is 18.0 Å². The molecule has 2 N–H and O–H groups in total. The summed E-state index contributed by atoms with van der Waals surface area (Å²) in [5.74, 6) is -0.894. The number of rotatable bonds is 3. The Morgan fingerprint density at radius 1 is 1.52 bits per heavy atom. The normalized spacial score (nSPS) is 18.6. The molecule has 0 saturated carbocycles. The number of alkyl halides is 3. The van der Waals surface area contributed by atoms with Crippen LogP contribution in [0, 0.1) is 0 Å². The summed E-state index contributed by atoms with van der Waals surface area (Å²) in [6.45, 7) is 0.519. The van der Waals surface area contributed by atoms with Crippen LogP contribution in [0.15, 0.2) is 18.5 Å². The molecule has 1 aliphatic rings. The summed E-state index contributed by atoms with van der Waals surface area (Å²) in [6, 6.07) is 1.67. The largest absolute Gasteiger partial charge is 0.397 e. The summed E-state index contributed by atoms with van der Waals surface area (Å²) in [6.07, 6.45) is -2.10. The quantitative estimate of drug-likeness (QED) is 0.897. The molecule has 0 aliphatic carbocycles. The molecule has 3 heterocycles. The molecule has 0 radical (unpaired) electrons. The van der Waals surface area contributed by atoms with Gasteiger partial charge in [-0.15, -0.1) is 0 Å². The zero-order valence-corrected chi connectivity index (χ0v) is 12.7. The van der Waals surface area contributed by atoms with Crippen LogP contribution < -0.4 is 5.32 Å². The van der Waals surface area contributed by atoms with Crippen LogP contribution in [0.4, 0.5) is 18.9 Å². The number of carbonyl (C=O) groups excluding carboxylic acids is 1. The Labute approximate surface area is 134 Å². The van der Waals surface area contributed by atoms with E-state index in [0.29, 0.717) is 29.3 Å². The van der Waals surface area contributed by atoms with Gasteiger partial charge in [0, 0.05) is 30.7 Å². The highest BCUT2D eigenvalue weighted by atomic mass is 35.5. The van der Waals surface area contributed by atoms with Gasteiger partial charge in [0.25, 0.3) is 0 Å². The number of carbonyl (C=O) groups is 1. The maximum atomic E-state index is 12.3. The number of fused-ring (bicyclic) bond motifs is 1. The molecule has 124 valence electrons. The third-order valence-corrected chi connectivity index (χ3v) is 4.07. The van der Waals surface area contributed by atoms with Gasteiger partial charge >= 0.3 is 6.18 Å². The number of pyridine rings is 1. The second-order valence-corrected chi connectivity index (χ2v) is 5.89. The van der Waals surface area contributed by atoms with Gasteiger partial charge in [0.2, 0.25) is 5.91 Å². The van der Waals surface area contributed by atoms with Crippen molar-refractivity contribution >= 4 is 34.2 Å². The molecule has 1 atom stereocenters. The molecular weight excluding hydrogens is 333 g/mol. The molecule has 0 spiro atoms. The number of aromatic nitrogens is 2. The van der Waals surface area contributed by atoms with Gasteiger partial charge in [-0.05, 0) is 12.5 Å². The van der Waals surface area contributed by atoms with Crippen molar-refractivity contribution in [1.82, 2.24) is 14.9 Å². The number of H-pyrrole nitrogens is 1. The van der Waals surface area contributed by atoms with E-state index >= 15 is 0 Å². The number of aromatic amines is 1. The Balaban J connectivity index is 1.69. The summed E-state index contributed by atoms with van der Waals surface area (Å²) >= 11 is 6.16. The lowest BCUT2D eigenvalue weighted by molar-refractivity contribution is -0.160. The molecule has 1 aliphatic heterocycles. The lowest BCUT2D eigenvalue weighted by atomic mass is 10.2. The lowest BCUT2D eigenvalue weighted by Gasteiger charge is -2.19. The molecular formula is C14H14ClF3N4O. The molecule has 1 saturated heterocycles. The molecule has 23 heavy (non-hydrogen) atoms. The Kier molecular flexibility index (Phi) is 4.09. The van der Waals surface area contributed by atoms with E-state index in [4.69, 9.17) is 11.6 Å². The Morgan fingerprint density at radius 2 is 2.30 bits per heavy atom. The van der Waals surface area contributed by atoms with E-state index in [2.05, 4.69) is 15.3 Å². The van der Waals surface area contributed by atoms with Crippen molar-refractivity contribution in [3.63, 3.8) is 0 Å². The highest BCUT2D eigenvalue weighted by molar-refractivity contribution is 6.34. The summed E-state index contributed by atoms with van der Waals surface area (Å²) in [7, 11) is 0. The summed E-state index contributed by atoms with van der Waals surface area (Å²) < 4.78 is 36.9. The van der Waals surface area contributed by atoms with Crippen molar-refractivity contribution < 1.29 is 18.0 Å². The van der Waals surface area contributed by atoms with Crippen LogP contribution in [0.25, 0.3) is 11.0 Å². The first-order valence-electron chi connectivity index (χ1n) is 7.06. The molecule has 1 amide bonds. The van der Waals surface area contributed by atoms with Crippen molar-refractivity contribution in [2.45, 2.75) is 25.1 Å². The first-order chi connectivity index (χ1) is 10.8. The summed E-state index contributed by atoms with van der Waals surface area (Å²) in [5, 5.41) is 4.45. The summed E-state index contributed by atoms with van der Waals surface area (Å²) in [4.78, 5) is 20.0. The van der Waals surface area contributed by atoms with Crippen LogP contribution in [0.3, 0.4) is 0 Å². The van der Waals surface area contributed by atoms with Crippen molar-refractivity contribution in [3.05, 3.63) is 23.5 Å². The summed E-state index contributed by atoms with van der Waals surface area (Å²) in [5.41, 5.74) is 1.34. The minimum Gasteiger partial charge on any atom is -0.379 e. The molecule has 3 rings (SSSR count). The van der Waals surface area contributed by atoms with E-state index < -0.39 is 18.5 Å². The molecule has 1 fully saturated rings. The third kappa shape index (κ3) is 3.52. The van der Waals surface area contributed by atoms with Crippen LogP contribution >= 0.6 is 11.6 Å². The van der Waals surface area contributed by atoms with Gasteiger partial charge < -0.3 is 15.2 Å². The molecule has 1 unspecified atom stereocenters. The lowest BCUT2D eigenvalue weighted by Crippen LogP contribution is -2.34. The van der Waals surface area contributed by atoms with E-state index in [1.807, 2.05) is 6.07 Å². The molecule has 9 heteroatoms. The second-order valence-electron chi connectivity index (χ2n) is 5.48. The average molecular weight is 347 g/mol. The zero-order valence-electron chi connectivity index (χ0n) is 12.0. The van der Waals surface area contributed by atoms with Crippen LogP contribution in [-0.4, -0.2) is 46.1 Å². The van der Waals surface area contributed by atoms with E-state index in [0.717, 1.165) is 5.39 Å². The number of nitrogens with one attached hydrogen (secondary N) is 2. The van der Waals surface area contributed by atoms with Crippen LogP contribution in [0.5, 0.6) is 0 Å². The van der Waals surface area contributed by atoms with Gasteiger partial charge in [-0.3, -0.25) is 4.79 Å². The molecule has 0 aromatic carbocycles. The number of likely N-dealkylation sites (tertiary alicyclic amines) is 1. The highest BCUT2D eigenvalue weighted by Crippen LogP contribution is 2.31. The van der Waals surface area contributed by atoms with Crippen LogP contribution in [0.2, 0.25) is 5.02 Å². The predicted octanol–water partition coefficient (Wildman–Crippen LogP) is 3.18. The second kappa shape index (κ2) is 5.92. The van der Waals surface area contributed by atoms with Gasteiger partial charge in [-0.1, -0.05) is 11.6 Å². The van der Waals surface area contributed by atoms with E-state index in [-0.39, 0.29) is 12.6 Å². The zero-order chi connectivity index (χ0) is 16.6. The number of hydrogen-bond acceptors (Lipinski definition) is 3. The number of halogens is 4. The fourth-order valence-electron chi connectivity index (χ4n) is 2.72. The van der Waals surface area contributed by atoms with Crippen molar-refractivity contribution in [1.29, 1.82) is 0 Å².